The molecule has 0 fully saturated rings. The van der Waals surface area contributed by atoms with Crippen molar-refractivity contribution in [1.82, 2.24) is 4.90 Å². The van der Waals surface area contributed by atoms with Crippen LogP contribution in [0.3, 0.4) is 0 Å². The van der Waals surface area contributed by atoms with Gasteiger partial charge in [0.15, 0.2) is 5.78 Å². The zero-order valence-corrected chi connectivity index (χ0v) is 8.55. The van der Waals surface area contributed by atoms with Crippen LogP contribution in [-0.4, -0.2) is 31.3 Å². The molecule has 0 amide bonds. The van der Waals surface area contributed by atoms with Gasteiger partial charge in [0.2, 0.25) is 0 Å². The number of carbonyl (C=O) groups is 1. The second-order valence-corrected chi connectivity index (χ2v) is 3.36. The molecule has 0 bridgehead atoms. The van der Waals surface area contributed by atoms with Gasteiger partial charge in [-0.25, -0.2) is 0 Å². The fourth-order valence-electron chi connectivity index (χ4n) is 0.849. The van der Waals surface area contributed by atoms with E-state index in [0.29, 0.717) is 6.42 Å². The normalized spacial score (nSPS) is 12.2. The third-order valence-electron chi connectivity index (χ3n) is 1.71. The first-order chi connectivity index (χ1) is 5.56. The summed E-state index contributed by atoms with van der Waals surface area (Å²) < 4.78 is 0. The molecular formula is C10H19NO. The maximum absolute atomic E-state index is 11.0. The molecule has 0 N–H and O–H groups in total. The van der Waals surface area contributed by atoms with Crippen molar-refractivity contribution in [1.29, 1.82) is 0 Å². The molecule has 0 aliphatic carbocycles. The molecule has 0 radical (unpaired) electrons. The summed E-state index contributed by atoms with van der Waals surface area (Å²) >= 11 is 0. The minimum atomic E-state index is 0.228. The average Bonchev–Trinajstić information content (AvgIpc) is 2.00. The Morgan fingerprint density at radius 1 is 1.42 bits per heavy atom. The summed E-state index contributed by atoms with van der Waals surface area (Å²) in [5.41, 5.74) is 1.18. The number of nitrogens with zero attached hydrogens (tertiary/aromatic N) is 1. The van der Waals surface area contributed by atoms with E-state index in [1.165, 1.54) is 5.57 Å². The van der Waals surface area contributed by atoms with Crippen molar-refractivity contribution in [3.05, 3.63) is 11.6 Å². The maximum Gasteiger partial charge on any atom is 0.155 e. The van der Waals surface area contributed by atoms with E-state index in [1.54, 1.807) is 6.08 Å². The lowest BCUT2D eigenvalue weighted by Gasteiger charge is -2.08. The number of ketones is 1. The Balaban J connectivity index is 3.78. The van der Waals surface area contributed by atoms with Crippen molar-refractivity contribution in [3.63, 3.8) is 0 Å². The van der Waals surface area contributed by atoms with E-state index in [9.17, 15) is 4.79 Å². The first-order valence-electron chi connectivity index (χ1n) is 4.41. The quantitative estimate of drug-likeness (QED) is 0.585. The first kappa shape index (κ1) is 11.4. The minimum absolute atomic E-state index is 0.228. The molecule has 0 saturated carbocycles. The molecule has 0 aliphatic rings. The Hall–Kier alpha value is -0.630. The van der Waals surface area contributed by atoms with Crippen LogP contribution in [0, 0.1) is 0 Å². The van der Waals surface area contributed by atoms with Gasteiger partial charge in [-0.2, -0.15) is 0 Å². The lowest BCUT2D eigenvalue weighted by Crippen LogP contribution is -2.13. The number of carbonyl (C=O) groups excluding carboxylic acids is 1. The highest BCUT2D eigenvalue weighted by atomic mass is 16.1. The summed E-state index contributed by atoms with van der Waals surface area (Å²) in [6.07, 6.45) is 3.35. The van der Waals surface area contributed by atoms with Crippen LogP contribution >= 0.6 is 0 Å². The van der Waals surface area contributed by atoms with Crippen LogP contribution in [0.4, 0.5) is 0 Å². The third-order valence-corrected chi connectivity index (χ3v) is 1.71. The molecule has 2 heteroatoms. The minimum Gasteiger partial charge on any atom is -0.309 e. The molecule has 0 atom stereocenters. The molecule has 12 heavy (non-hydrogen) atoms. The summed E-state index contributed by atoms with van der Waals surface area (Å²) in [7, 11) is 4.07. The molecule has 0 spiro atoms. The summed E-state index contributed by atoms with van der Waals surface area (Å²) in [5.74, 6) is 0.228. The van der Waals surface area contributed by atoms with Gasteiger partial charge in [0.1, 0.15) is 0 Å². The second-order valence-electron chi connectivity index (χ2n) is 3.36. The highest BCUT2D eigenvalue weighted by molar-refractivity contribution is 5.89. The monoisotopic (exact) mass is 169 g/mol. The van der Waals surface area contributed by atoms with Crippen LogP contribution in [0.15, 0.2) is 11.6 Å². The zero-order valence-electron chi connectivity index (χ0n) is 8.55. The molecule has 0 heterocycles. The van der Waals surface area contributed by atoms with Gasteiger partial charge in [0.25, 0.3) is 0 Å². The van der Waals surface area contributed by atoms with Crippen LogP contribution in [0.1, 0.15) is 26.7 Å². The van der Waals surface area contributed by atoms with Crippen LogP contribution in [0.25, 0.3) is 0 Å². The van der Waals surface area contributed by atoms with Crippen molar-refractivity contribution in [2.45, 2.75) is 26.7 Å². The van der Waals surface area contributed by atoms with E-state index in [1.807, 2.05) is 27.9 Å². The lowest BCUT2D eigenvalue weighted by atomic mass is 10.1. The van der Waals surface area contributed by atoms with Crippen LogP contribution in [-0.2, 0) is 4.79 Å². The van der Waals surface area contributed by atoms with E-state index in [4.69, 9.17) is 0 Å². The summed E-state index contributed by atoms with van der Waals surface area (Å²) in [5, 5.41) is 0. The summed E-state index contributed by atoms with van der Waals surface area (Å²) in [6.45, 7) is 4.91. The zero-order chi connectivity index (χ0) is 9.56. The van der Waals surface area contributed by atoms with Gasteiger partial charge in [-0.05, 0) is 33.5 Å². The van der Waals surface area contributed by atoms with Crippen LogP contribution in [0.2, 0.25) is 0 Å². The molecule has 0 aromatic rings. The number of rotatable bonds is 5. The molecule has 0 aromatic carbocycles. The molecular weight excluding hydrogens is 150 g/mol. The topological polar surface area (TPSA) is 20.3 Å². The predicted molar refractivity (Wildman–Crippen MR) is 52.2 cm³/mol. The third kappa shape index (κ3) is 6.10. The van der Waals surface area contributed by atoms with E-state index in [-0.39, 0.29) is 5.78 Å². The molecule has 0 aliphatic heterocycles. The molecule has 0 saturated heterocycles. The van der Waals surface area contributed by atoms with E-state index < -0.39 is 0 Å². The van der Waals surface area contributed by atoms with E-state index in [0.717, 1.165) is 13.0 Å². The van der Waals surface area contributed by atoms with Crippen LogP contribution in [0.5, 0.6) is 0 Å². The predicted octanol–water partition coefficient (Wildman–Crippen LogP) is 1.86. The fourth-order valence-corrected chi connectivity index (χ4v) is 0.849. The van der Waals surface area contributed by atoms with Crippen LogP contribution < -0.4 is 0 Å². The molecule has 0 aromatic heterocycles. The van der Waals surface area contributed by atoms with Gasteiger partial charge >= 0.3 is 0 Å². The van der Waals surface area contributed by atoms with Crippen molar-refractivity contribution in [2.75, 3.05) is 20.6 Å². The lowest BCUT2D eigenvalue weighted by molar-refractivity contribution is -0.114. The first-order valence-corrected chi connectivity index (χ1v) is 4.41. The van der Waals surface area contributed by atoms with Gasteiger partial charge in [-0.15, -0.1) is 0 Å². The molecule has 0 rings (SSSR count). The SMILES string of the molecule is CCC(=O)/C=C(/C)CCN(C)C. The van der Waals surface area contributed by atoms with Gasteiger partial charge in [-0.3, -0.25) is 4.79 Å². The highest BCUT2D eigenvalue weighted by Gasteiger charge is 1.96. The Morgan fingerprint density at radius 3 is 2.42 bits per heavy atom. The Morgan fingerprint density at radius 2 is 2.00 bits per heavy atom. The summed E-state index contributed by atoms with van der Waals surface area (Å²) in [6, 6.07) is 0. The highest BCUT2D eigenvalue weighted by Crippen LogP contribution is 2.01. The number of hydrogen-bond acceptors (Lipinski definition) is 2. The van der Waals surface area contributed by atoms with Gasteiger partial charge in [-0.1, -0.05) is 12.5 Å². The molecule has 70 valence electrons. The van der Waals surface area contributed by atoms with Gasteiger partial charge < -0.3 is 4.90 Å². The average molecular weight is 169 g/mol. The Bertz CT molecular complexity index is 171. The number of hydrogen-bond donors (Lipinski definition) is 0. The molecule has 0 unspecified atom stereocenters. The van der Waals surface area contributed by atoms with Crippen molar-refractivity contribution >= 4 is 5.78 Å². The number of allylic oxidation sites excluding steroid dienone is 1. The van der Waals surface area contributed by atoms with E-state index in [2.05, 4.69) is 4.90 Å². The Labute approximate surface area is 75.3 Å². The molecule has 2 nitrogen and oxygen atoms in total. The fraction of sp³-hybridized carbons (Fsp3) is 0.700. The Kier molecular flexibility index (Phi) is 5.64. The van der Waals surface area contributed by atoms with Crippen molar-refractivity contribution in [2.24, 2.45) is 0 Å². The summed E-state index contributed by atoms with van der Waals surface area (Å²) in [4.78, 5) is 13.1. The maximum atomic E-state index is 11.0. The standard InChI is InChI=1S/C10H19NO/c1-5-10(12)8-9(2)6-7-11(3)4/h8H,5-7H2,1-4H3/b9-8-. The smallest absolute Gasteiger partial charge is 0.155 e. The van der Waals surface area contributed by atoms with Crippen molar-refractivity contribution < 1.29 is 4.79 Å². The largest absolute Gasteiger partial charge is 0.309 e. The van der Waals surface area contributed by atoms with E-state index >= 15 is 0 Å². The van der Waals surface area contributed by atoms with Crippen molar-refractivity contribution in [3.8, 4) is 0 Å². The van der Waals surface area contributed by atoms with Gasteiger partial charge in [0, 0.05) is 13.0 Å². The van der Waals surface area contributed by atoms with Gasteiger partial charge in [0.05, 0.1) is 0 Å². The second kappa shape index (κ2) is 5.95.